The van der Waals surface area contributed by atoms with Crippen molar-refractivity contribution in [2.75, 3.05) is 19.6 Å². The number of carbonyl (C=O) groups is 2. The van der Waals surface area contributed by atoms with Crippen molar-refractivity contribution in [3.05, 3.63) is 0 Å². The van der Waals surface area contributed by atoms with Crippen LogP contribution in [0.3, 0.4) is 0 Å². The molecule has 2 aliphatic rings. The van der Waals surface area contributed by atoms with Gasteiger partial charge in [0.15, 0.2) is 0 Å². The Balaban J connectivity index is 1.80. The minimum absolute atomic E-state index is 0.160. The SMILES string of the molecule is CC(C)(C)OC(=O)N1CC(N2CC(Br)CC2=O)C1. The van der Waals surface area contributed by atoms with Crippen molar-refractivity contribution in [2.24, 2.45) is 0 Å². The predicted molar refractivity (Wildman–Crippen MR) is 70.6 cm³/mol. The predicted octanol–water partition coefficient (Wildman–Crippen LogP) is 1.60. The van der Waals surface area contributed by atoms with Crippen molar-refractivity contribution in [1.29, 1.82) is 0 Å². The Morgan fingerprint density at radius 3 is 2.39 bits per heavy atom. The van der Waals surface area contributed by atoms with Crippen LogP contribution in [0.4, 0.5) is 4.79 Å². The van der Waals surface area contributed by atoms with Gasteiger partial charge in [-0.1, -0.05) is 15.9 Å². The molecule has 0 radical (unpaired) electrons. The molecule has 2 aliphatic heterocycles. The summed E-state index contributed by atoms with van der Waals surface area (Å²) in [6, 6.07) is 0.160. The summed E-state index contributed by atoms with van der Waals surface area (Å²) < 4.78 is 5.27. The normalized spacial score (nSPS) is 25.3. The third-order valence-corrected chi connectivity index (χ3v) is 3.68. The molecule has 2 heterocycles. The molecule has 0 aromatic carbocycles. The zero-order chi connectivity index (χ0) is 13.5. The smallest absolute Gasteiger partial charge is 0.410 e. The number of ether oxygens (including phenoxy) is 1. The molecule has 0 spiro atoms. The summed E-state index contributed by atoms with van der Waals surface area (Å²) >= 11 is 3.46. The van der Waals surface area contributed by atoms with Crippen molar-refractivity contribution >= 4 is 27.9 Å². The molecule has 102 valence electrons. The highest BCUT2D eigenvalue weighted by atomic mass is 79.9. The number of likely N-dealkylation sites (tertiary alicyclic amines) is 2. The minimum atomic E-state index is -0.466. The minimum Gasteiger partial charge on any atom is -0.444 e. The van der Waals surface area contributed by atoms with Gasteiger partial charge in [0.05, 0.1) is 6.04 Å². The van der Waals surface area contributed by atoms with Crippen LogP contribution in [0.15, 0.2) is 0 Å². The summed E-state index contributed by atoms with van der Waals surface area (Å²) in [5, 5.41) is 0. The molecular formula is C12H19BrN2O3. The van der Waals surface area contributed by atoms with Crippen LogP contribution < -0.4 is 0 Å². The lowest BCUT2D eigenvalue weighted by Gasteiger charge is -2.44. The lowest BCUT2D eigenvalue weighted by atomic mass is 10.1. The van der Waals surface area contributed by atoms with Crippen LogP contribution in [0, 0.1) is 0 Å². The molecule has 0 aromatic rings. The molecule has 5 nitrogen and oxygen atoms in total. The first-order valence-electron chi connectivity index (χ1n) is 6.18. The number of carbonyl (C=O) groups excluding carboxylic acids is 2. The molecule has 1 atom stereocenters. The van der Waals surface area contributed by atoms with Gasteiger partial charge in [-0.15, -0.1) is 0 Å². The van der Waals surface area contributed by atoms with E-state index in [1.807, 2.05) is 25.7 Å². The van der Waals surface area contributed by atoms with E-state index in [9.17, 15) is 9.59 Å². The molecule has 2 saturated heterocycles. The number of hydrogen-bond donors (Lipinski definition) is 0. The molecule has 0 aliphatic carbocycles. The number of hydrogen-bond acceptors (Lipinski definition) is 3. The van der Waals surface area contributed by atoms with Gasteiger partial charge >= 0.3 is 6.09 Å². The van der Waals surface area contributed by atoms with Gasteiger partial charge in [0.1, 0.15) is 5.60 Å². The van der Waals surface area contributed by atoms with Crippen LogP contribution >= 0.6 is 15.9 Å². The highest BCUT2D eigenvalue weighted by molar-refractivity contribution is 9.09. The molecule has 2 rings (SSSR count). The Bertz CT molecular complexity index is 361. The Labute approximate surface area is 116 Å². The fraction of sp³-hybridized carbons (Fsp3) is 0.833. The molecular weight excluding hydrogens is 300 g/mol. The Kier molecular flexibility index (Phi) is 3.58. The average molecular weight is 319 g/mol. The third-order valence-electron chi connectivity index (χ3n) is 3.07. The fourth-order valence-electron chi connectivity index (χ4n) is 2.17. The van der Waals surface area contributed by atoms with Gasteiger partial charge in [0.25, 0.3) is 0 Å². The molecule has 6 heteroatoms. The van der Waals surface area contributed by atoms with E-state index in [0.29, 0.717) is 19.5 Å². The molecule has 2 amide bonds. The molecule has 0 aromatic heterocycles. The van der Waals surface area contributed by atoms with Crippen LogP contribution in [-0.2, 0) is 9.53 Å². The van der Waals surface area contributed by atoms with Gasteiger partial charge in [-0.25, -0.2) is 4.79 Å². The molecule has 2 fully saturated rings. The van der Waals surface area contributed by atoms with E-state index >= 15 is 0 Å². The summed E-state index contributed by atoms with van der Waals surface area (Å²) in [5.41, 5.74) is -0.466. The molecule has 18 heavy (non-hydrogen) atoms. The molecule has 1 unspecified atom stereocenters. The Morgan fingerprint density at radius 1 is 1.33 bits per heavy atom. The van der Waals surface area contributed by atoms with Gasteiger partial charge in [-0.05, 0) is 20.8 Å². The molecule has 0 N–H and O–H groups in total. The number of alkyl halides is 1. The van der Waals surface area contributed by atoms with Crippen molar-refractivity contribution in [2.45, 2.75) is 43.7 Å². The van der Waals surface area contributed by atoms with Gasteiger partial charge < -0.3 is 14.5 Å². The first-order valence-corrected chi connectivity index (χ1v) is 7.09. The van der Waals surface area contributed by atoms with Crippen molar-refractivity contribution in [3.8, 4) is 0 Å². The summed E-state index contributed by atoms with van der Waals surface area (Å²) in [6.45, 7) is 7.46. The monoisotopic (exact) mass is 318 g/mol. The Hall–Kier alpha value is -0.780. The van der Waals surface area contributed by atoms with E-state index in [4.69, 9.17) is 4.74 Å². The second-order valence-corrected chi connectivity index (χ2v) is 7.18. The number of nitrogens with zero attached hydrogens (tertiary/aromatic N) is 2. The summed E-state index contributed by atoms with van der Waals surface area (Å²) in [6.07, 6.45) is 0.268. The van der Waals surface area contributed by atoms with E-state index in [1.165, 1.54) is 0 Å². The first-order chi connectivity index (χ1) is 8.26. The van der Waals surface area contributed by atoms with Gasteiger partial charge in [0, 0.05) is 30.9 Å². The molecule has 0 bridgehead atoms. The van der Waals surface area contributed by atoms with E-state index < -0.39 is 5.60 Å². The first kappa shape index (κ1) is 13.6. The maximum Gasteiger partial charge on any atom is 0.410 e. The van der Waals surface area contributed by atoms with E-state index in [0.717, 1.165) is 6.54 Å². The fourth-order valence-corrected chi connectivity index (χ4v) is 2.76. The topological polar surface area (TPSA) is 49.9 Å². The van der Waals surface area contributed by atoms with Crippen LogP contribution in [0.25, 0.3) is 0 Å². The summed E-state index contributed by atoms with van der Waals surface area (Å²) in [5.74, 6) is 0.172. The van der Waals surface area contributed by atoms with E-state index in [-0.39, 0.29) is 22.9 Å². The second-order valence-electron chi connectivity index (χ2n) is 5.89. The zero-order valence-electron chi connectivity index (χ0n) is 11.0. The van der Waals surface area contributed by atoms with Crippen molar-refractivity contribution in [1.82, 2.24) is 9.80 Å². The largest absolute Gasteiger partial charge is 0.444 e. The van der Waals surface area contributed by atoms with Gasteiger partial charge in [-0.3, -0.25) is 4.79 Å². The van der Waals surface area contributed by atoms with Gasteiger partial charge in [-0.2, -0.15) is 0 Å². The highest BCUT2D eigenvalue weighted by Gasteiger charge is 2.42. The number of halogens is 1. The van der Waals surface area contributed by atoms with Crippen LogP contribution in [0.5, 0.6) is 0 Å². The quantitative estimate of drug-likeness (QED) is 0.690. The summed E-state index contributed by atoms with van der Waals surface area (Å²) in [7, 11) is 0. The summed E-state index contributed by atoms with van der Waals surface area (Å²) in [4.78, 5) is 27.2. The maximum absolute atomic E-state index is 11.7. The zero-order valence-corrected chi connectivity index (χ0v) is 12.6. The van der Waals surface area contributed by atoms with Gasteiger partial charge in [0.2, 0.25) is 5.91 Å². The van der Waals surface area contributed by atoms with Crippen LogP contribution in [0.2, 0.25) is 0 Å². The van der Waals surface area contributed by atoms with E-state index in [2.05, 4.69) is 15.9 Å². The molecule has 0 saturated carbocycles. The third kappa shape index (κ3) is 2.96. The number of rotatable bonds is 1. The highest BCUT2D eigenvalue weighted by Crippen LogP contribution is 2.25. The standard InChI is InChI=1S/C12H19BrN2O3/c1-12(2,3)18-11(17)14-6-9(7-14)15-5-8(13)4-10(15)16/h8-9H,4-7H2,1-3H3. The average Bonchev–Trinajstić information content (AvgIpc) is 2.39. The lowest BCUT2D eigenvalue weighted by Crippen LogP contribution is -2.62. The van der Waals surface area contributed by atoms with Crippen LogP contribution in [-0.4, -0.2) is 57.9 Å². The van der Waals surface area contributed by atoms with Crippen molar-refractivity contribution in [3.63, 3.8) is 0 Å². The van der Waals surface area contributed by atoms with Crippen LogP contribution in [0.1, 0.15) is 27.2 Å². The Morgan fingerprint density at radius 2 is 1.94 bits per heavy atom. The number of amides is 2. The van der Waals surface area contributed by atoms with Crippen molar-refractivity contribution < 1.29 is 14.3 Å². The maximum atomic E-state index is 11.7. The van der Waals surface area contributed by atoms with E-state index in [1.54, 1.807) is 4.90 Å². The second kappa shape index (κ2) is 4.72. The lowest BCUT2D eigenvalue weighted by molar-refractivity contribution is -0.132.